The fourth-order valence-electron chi connectivity index (χ4n) is 7.47. The zero-order valence-corrected chi connectivity index (χ0v) is 25.9. The Bertz CT molecular complexity index is 1900. The average molecular weight is 644 g/mol. The summed E-state index contributed by atoms with van der Waals surface area (Å²) in [4.78, 5) is 35.5. The number of pyridine rings is 1. The van der Waals surface area contributed by atoms with Crippen LogP contribution in [-0.2, 0) is 4.79 Å². The van der Waals surface area contributed by atoms with E-state index >= 15 is 8.78 Å². The number of amides is 1. The van der Waals surface area contributed by atoms with E-state index in [9.17, 15) is 4.79 Å². The highest BCUT2D eigenvalue weighted by molar-refractivity contribution is 6.36. The molecule has 0 bridgehead atoms. The Balaban J connectivity index is 1.36. The molecule has 1 amide bonds. The Morgan fingerprint density at radius 3 is 2.74 bits per heavy atom. The molecule has 3 fully saturated rings. The van der Waals surface area contributed by atoms with Crippen LogP contribution in [0.15, 0.2) is 49.3 Å². The second-order valence-electron chi connectivity index (χ2n) is 12.2. The van der Waals surface area contributed by atoms with Gasteiger partial charge in [0, 0.05) is 58.8 Å². The minimum atomic E-state index is -0.877. The lowest BCUT2D eigenvalue weighted by molar-refractivity contribution is -0.128. The lowest BCUT2D eigenvalue weighted by Crippen LogP contribution is -2.56. The third-order valence-electron chi connectivity index (χ3n) is 9.67. The van der Waals surface area contributed by atoms with Gasteiger partial charge in [-0.1, -0.05) is 30.3 Å². The van der Waals surface area contributed by atoms with Gasteiger partial charge in [0.2, 0.25) is 12.5 Å². The maximum atomic E-state index is 16.8. The number of rotatable bonds is 7. The van der Waals surface area contributed by atoms with E-state index in [4.69, 9.17) is 27.9 Å². The number of piperazine rings is 1. The predicted molar refractivity (Wildman–Crippen MR) is 173 cm³/mol. The Kier molecular flexibility index (Phi) is 7.95. The van der Waals surface area contributed by atoms with E-state index in [0.29, 0.717) is 28.9 Å². The molecule has 3 saturated heterocycles. The summed E-state index contributed by atoms with van der Waals surface area (Å²) in [5, 5.41) is 1.63. The number of hydrogen-bond donors (Lipinski definition) is 0. The van der Waals surface area contributed by atoms with E-state index in [-0.39, 0.29) is 64.9 Å². The van der Waals surface area contributed by atoms with Gasteiger partial charge in [0.1, 0.15) is 29.8 Å². The Labute approximate surface area is 270 Å². The maximum absolute atomic E-state index is 16.8. The van der Waals surface area contributed by atoms with E-state index in [2.05, 4.69) is 26.3 Å². The molecule has 5 heterocycles. The second-order valence-corrected chi connectivity index (χ2v) is 12.6. The molecule has 7 rings (SSSR count). The molecule has 2 aromatic heterocycles. The number of hydrogen-bond acceptors (Lipinski definition) is 7. The molecule has 0 N–H and O–H groups in total. The van der Waals surface area contributed by atoms with Crippen LogP contribution in [0.25, 0.3) is 37.6 Å². The van der Waals surface area contributed by atoms with Gasteiger partial charge in [0.15, 0.2) is 5.82 Å². The van der Waals surface area contributed by atoms with Gasteiger partial charge in [-0.3, -0.25) is 14.7 Å². The van der Waals surface area contributed by atoms with Gasteiger partial charge in [0.25, 0.3) is 0 Å². The highest BCUT2D eigenvalue weighted by atomic mass is 35.5. The van der Waals surface area contributed by atoms with Crippen LogP contribution in [0.3, 0.4) is 0 Å². The van der Waals surface area contributed by atoms with Crippen molar-refractivity contribution in [3.8, 4) is 17.1 Å². The number of halogens is 3. The van der Waals surface area contributed by atoms with Gasteiger partial charge in [0.05, 0.1) is 11.1 Å². The summed E-state index contributed by atoms with van der Waals surface area (Å²) >= 11 is 6.53. The minimum absolute atomic E-state index is 0.00696. The van der Waals surface area contributed by atoms with Gasteiger partial charge < -0.3 is 19.4 Å². The van der Waals surface area contributed by atoms with Crippen LogP contribution in [0, 0.1) is 18.2 Å². The van der Waals surface area contributed by atoms with Crippen LogP contribution >= 0.6 is 11.6 Å². The zero-order chi connectivity index (χ0) is 32.0. The average Bonchev–Trinajstić information content (AvgIpc) is 3.64. The Morgan fingerprint density at radius 1 is 1.17 bits per heavy atom. The van der Waals surface area contributed by atoms with E-state index in [1.807, 2.05) is 4.90 Å². The van der Waals surface area contributed by atoms with Gasteiger partial charge >= 0.3 is 6.01 Å². The molecule has 9 nitrogen and oxygen atoms in total. The number of nitrogens with zero attached hydrogens (tertiary/aromatic N) is 7. The monoisotopic (exact) mass is 643 g/mol. The molecule has 3 aliphatic rings. The standard InChI is InChI=1S/C34H32ClF2N7O2/c1-3-27(45)44-14-13-42(19-22(44)17-38-2)32-23-15-26(36)29(24-18-39-16-21-7-4-8-25(35)28(21)24)30(37)31(23)40-33(41-32)46-20-34-9-5-11-43(34)12-6-10-34/h3-4,7-8,15-16,18,22H,1,5-6,9-14,17,19-20H2/t22-/m0/s1. The van der Waals surface area contributed by atoms with E-state index < -0.39 is 17.7 Å². The van der Waals surface area contributed by atoms with Gasteiger partial charge in [-0.05, 0) is 57.0 Å². The highest BCUT2D eigenvalue weighted by Crippen LogP contribution is 2.42. The summed E-state index contributed by atoms with van der Waals surface area (Å²) in [6.45, 7) is 14.4. The first-order chi connectivity index (χ1) is 22.3. The number of carbonyl (C=O) groups is 1. The third-order valence-corrected chi connectivity index (χ3v) is 9.98. The largest absolute Gasteiger partial charge is 0.461 e. The third kappa shape index (κ3) is 5.10. The summed E-state index contributed by atoms with van der Waals surface area (Å²) in [5.41, 5.74) is -0.284. The lowest BCUT2D eigenvalue weighted by atomic mass is 9.95. The number of benzene rings is 2. The molecule has 4 aromatic rings. The van der Waals surface area contributed by atoms with Crippen molar-refractivity contribution in [3.63, 3.8) is 0 Å². The molecule has 2 aromatic carbocycles. The number of anilines is 1. The number of ether oxygens (including phenoxy) is 1. The Morgan fingerprint density at radius 2 is 1.98 bits per heavy atom. The van der Waals surface area contributed by atoms with Crippen molar-refractivity contribution < 1.29 is 18.3 Å². The molecular formula is C34H32ClF2N7O2. The van der Waals surface area contributed by atoms with Crippen LogP contribution in [-0.4, -0.2) is 88.1 Å². The molecule has 0 spiro atoms. The molecule has 0 aliphatic carbocycles. The maximum Gasteiger partial charge on any atom is 0.319 e. The fourth-order valence-corrected chi connectivity index (χ4v) is 7.75. The van der Waals surface area contributed by atoms with Crippen molar-refractivity contribution >= 4 is 45.0 Å². The molecule has 0 saturated carbocycles. The molecule has 0 radical (unpaired) electrons. The zero-order valence-electron chi connectivity index (χ0n) is 25.2. The molecular weight excluding hydrogens is 612 g/mol. The summed E-state index contributed by atoms with van der Waals surface area (Å²) in [7, 11) is 0. The molecule has 1 atom stereocenters. The molecule has 46 heavy (non-hydrogen) atoms. The van der Waals surface area contributed by atoms with Gasteiger partial charge in [-0.25, -0.2) is 15.4 Å². The van der Waals surface area contributed by atoms with E-state index in [1.54, 1.807) is 29.3 Å². The predicted octanol–water partition coefficient (Wildman–Crippen LogP) is 5.91. The van der Waals surface area contributed by atoms with Gasteiger partial charge in [-0.2, -0.15) is 9.97 Å². The first-order valence-electron chi connectivity index (χ1n) is 15.4. The van der Waals surface area contributed by atoms with Crippen molar-refractivity contribution in [2.24, 2.45) is 0 Å². The SMILES string of the molecule is [C-]#[N+]C[C@H]1CN(c2nc(OCC34CCCN3CCC4)nc3c(F)c(-c4cncc5cccc(Cl)c45)c(F)cc23)CCN1C(=O)C=C. The summed E-state index contributed by atoms with van der Waals surface area (Å²) < 4.78 is 39.2. The summed E-state index contributed by atoms with van der Waals surface area (Å²) in [5.74, 6) is -1.68. The van der Waals surface area contributed by atoms with Crippen molar-refractivity contribution in [1.82, 2.24) is 24.8 Å². The second kappa shape index (κ2) is 12.1. The molecule has 236 valence electrons. The molecule has 3 aliphatic heterocycles. The number of aromatic nitrogens is 3. The Hall–Kier alpha value is -4.40. The minimum Gasteiger partial charge on any atom is -0.461 e. The van der Waals surface area contributed by atoms with Crippen molar-refractivity contribution in [2.75, 3.05) is 50.8 Å². The quantitative estimate of drug-likeness (QED) is 0.183. The summed E-state index contributed by atoms with van der Waals surface area (Å²) in [6, 6.07) is 5.97. The van der Waals surface area contributed by atoms with Crippen LogP contribution in [0.2, 0.25) is 5.02 Å². The fraction of sp³-hybridized carbons (Fsp3) is 0.382. The van der Waals surface area contributed by atoms with Crippen molar-refractivity contribution in [1.29, 1.82) is 0 Å². The normalized spacial score (nSPS) is 19.4. The van der Waals surface area contributed by atoms with E-state index in [1.165, 1.54) is 18.3 Å². The van der Waals surface area contributed by atoms with Crippen molar-refractivity contribution in [2.45, 2.75) is 37.3 Å². The topological polar surface area (TPSA) is 79.1 Å². The van der Waals surface area contributed by atoms with Gasteiger partial charge in [-0.15, -0.1) is 0 Å². The molecule has 0 unspecified atom stereocenters. The first kappa shape index (κ1) is 30.3. The van der Waals surface area contributed by atoms with Crippen LogP contribution in [0.5, 0.6) is 6.01 Å². The molecule has 12 heteroatoms. The summed E-state index contributed by atoms with van der Waals surface area (Å²) in [6.07, 6.45) is 8.41. The number of fused-ring (bicyclic) bond motifs is 3. The first-order valence-corrected chi connectivity index (χ1v) is 15.8. The van der Waals surface area contributed by atoms with Crippen LogP contribution in [0.4, 0.5) is 14.6 Å². The number of carbonyl (C=O) groups excluding carboxylic acids is 1. The smallest absolute Gasteiger partial charge is 0.319 e. The lowest BCUT2D eigenvalue weighted by Gasteiger charge is -2.39. The highest BCUT2D eigenvalue weighted by Gasteiger charge is 2.45. The van der Waals surface area contributed by atoms with Crippen LogP contribution in [0.1, 0.15) is 25.7 Å². The van der Waals surface area contributed by atoms with Crippen molar-refractivity contribution in [3.05, 3.63) is 77.4 Å². The van der Waals surface area contributed by atoms with E-state index in [0.717, 1.165) is 38.8 Å². The van der Waals surface area contributed by atoms with Crippen LogP contribution < -0.4 is 9.64 Å².